The predicted molar refractivity (Wildman–Crippen MR) is 92.3 cm³/mol. The molecule has 0 N–H and O–H groups in total. The van der Waals surface area contributed by atoms with E-state index in [0.717, 1.165) is 12.1 Å². The third-order valence-corrected chi connectivity index (χ3v) is 4.34. The van der Waals surface area contributed by atoms with E-state index in [1.807, 2.05) is 30.3 Å². The zero-order chi connectivity index (χ0) is 15.4. The molecule has 0 bridgehead atoms. The lowest BCUT2D eigenvalue weighted by molar-refractivity contribution is 0.559. The molecule has 0 fully saturated rings. The SMILES string of the molecule is CC(Cc1cccc(Cl)n1)(c1ccccc1)c1ccccc1. The van der Waals surface area contributed by atoms with Gasteiger partial charge < -0.3 is 0 Å². The first-order valence-corrected chi connectivity index (χ1v) is 7.79. The van der Waals surface area contributed by atoms with Crippen LogP contribution in [0.25, 0.3) is 0 Å². The van der Waals surface area contributed by atoms with Crippen LogP contribution in [-0.4, -0.2) is 4.98 Å². The summed E-state index contributed by atoms with van der Waals surface area (Å²) >= 11 is 6.05. The van der Waals surface area contributed by atoms with Crippen molar-refractivity contribution in [3.05, 3.63) is 101 Å². The molecule has 0 saturated carbocycles. The molecular weight excluding hydrogens is 290 g/mol. The Hall–Kier alpha value is -2.12. The lowest BCUT2D eigenvalue weighted by atomic mass is 9.73. The van der Waals surface area contributed by atoms with E-state index >= 15 is 0 Å². The molecule has 0 radical (unpaired) electrons. The largest absolute Gasteiger partial charge is 0.241 e. The van der Waals surface area contributed by atoms with Crippen molar-refractivity contribution in [3.63, 3.8) is 0 Å². The molecular formula is C20H18ClN. The normalized spacial score (nSPS) is 11.4. The fourth-order valence-corrected chi connectivity index (χ4v) is 3.08. The molecule has 0 aliphatic carbocycles. The standard InChI is InChI=1S/C20H18ClN/c1-20(16-9-4-2-5-10-16,17-11-6-3-7-12-17)15-18-13-8-14-19(21)22-18/h2-14H,15H2,1H3. The van der Waals surface area contributed by atoms with E-state index in [-0.39, 0.29) is 5.41 Å². The minimum absolute atomic E-state index is 0.139. The van der Waals surface area contributed by atoms with Crippen molar-refractivity contribution in [2.24, 2.45) is 0 Å². The number of nitrogens with zero attached hydrogens (tertiary/aromatic N) is 1. The van der Waals surface area contributed by atoms with E-state index in [1.165, 1.54) is 11.1 Å². The van der Waals surface area contributed by atoms with Gasteiger partial charge in [-0.05, 0) is 23.3 Å². The Kier molecular flexibility index (Phi) is 4.26. The average molecular weight is 308 g/mol. The summed E-state index contributed by atoms with van der Waals surface area (Å²) < 4.78 is 0. The van der Waals surface area contributed by atoms with Crippen LogP contribution < -0.4 is 0 Å². The maximum Gasteiger partial charge on any atom is 0.129 e. The van der Waals surface area contributed by atoms with E-state index in [1.54, 1.807) is 0 Å². The van der Waals surface area contributed by atoms with Crippen LogP contribution in [0.2, 0.25) is 5.15 Å². The molecule has 0 aliphatic heterocycles. The van der Waals surface area contributed by atoms with Crippen molar-refractivity contribution < 1.29 is 0 Å². The number of hydrogen-bond acceptors (Lipinski definition) is 1. The second-order valence-electron chi connectivity index (χ2n) is 5.69. The highest BCUT2D eigenvalue weighted by Crippen LogP contribution is 2.35. The molecule has 3 rings (SSSR count). The molecule has 110 valence electrons. The van der Waals surface area contributed by atoms with E-state index < -0.39 is 0 Å². The zero-order valence-corrected chi connectivity index (χ0v) is 13.3. The summed E-state index contributed by atoms with van der Waals surface area (Å²) in [5.74, 6) is 0. The fraction of sp³-hybridized carbons (Fsp3) is 0.150. The molecule has 1 nitrogen and oxygen atoms in total. The Balaban J connectivity index is 2.08. The Labute approximate surface area is 136 Å². The third-order valence-electron chi connectivity index (χ3n) is 4.13. The predicted octanol–water partition coefficient (Wildman–Crippen LogP) is 5.28. The van der Waals surface area contributed by atoms with Crippen LogP contribution in [0.15, 0.2) is 78.9 Å². The van der Waals surface area contributed by atoms with Gasteiger partial charge in [-0.2, -0.15) is 0 Å². The first kappa shape index (κ1) is 14.8. The second-order valence-corrected chi connectivity index (χ2v) is 6.08. The summed E-state index contributed by atoms with van der Waals surface area (Å²) in [4.78, 5) is 4.47. The van der Waals surface area contributed by atoms with Gasteiger partial charge in [-0.1, -0.05) is 85.3 Å². The molecule has 0 amide bonds. The van der Waals surface area contributed by atoms with Gasteiger partial charge in [-0.3, -0.25) is 0 Å². The molecule has 0 saturated heterocycles. The van der Waals surface area contributed by atoms with Crippen LogP contribution >= 0.6 is 11.6 Å². The van der Waals surface area contributed by atoms with Crippen molar-refractivity contribution in [2.75, 3.05) is 0 Å². The van der Waals surface area contributed by atoms with E-state index in [2.05, 4.69) is 60.4 Å². The van der Waals surface area contributed by atoms with Crippen molar-refractivity contribution in [1.29, 1.82) is 0 Å². The number of hydrogen-bond donors (Lipinski definition) is 0. The second kappa shape index (κ2) is 6.33. The summed E-state index contributed by atoms with van der Waals surface area (Å²) in [7, 11) is 0. The molecule has 0 atom stereocenters. The van der Waals surface area contributed by atoms with Gasteiger partial charge in [0.1, 0.15) is 5.15 Å². The van der Waals surface area contributed by atoms with Gasteiger partial charge in [-0.15, -0.1) is 0 Å². The first-order valence-electron chi connectivity index (χ1n) is 7.41. The van der Waals surface area contributed by atoms with Crippen LogP contribution in [0.4, 0.5) is 0 Å². The molecule has 1 aromatic heterocycles. The van der Waals surface area contributed by atoms with Gasteiger partial charge in [0, 0.05) is 17.5 Å². The molecule has 0 spiro atoms. The van der Waals surface area contributed by atoms with Crippen LogP contribution in [-0.2, 0) is 11.8 Å². The zero-order valence-electron chi connectivity index (χ0n) is 12.5. The number of aromatic nitrogens is 1. The van der Waals surface area contributed by atoms with Crippen LogP contribution in [0.5, 0.6) is 0 Å². The maximum absolute atomic E-state index is 6.05. The summed E-state index contributed by atoms with van der Waals surface area (Å²) in [6, 6.07) is 27.0. The average Bonchev–Trinajstić information content (AvgIpc) is 2.56. The fourth-order valence-electron chi connectivity index (χ4n) is 2.89. The summed E-state index contributed by atoms with van der Waals surface area (Å²) in [6.07, 6.45) is 0.807. The van der Waals surface area contributed by atoms with Gasteiger partial charge >= 0.3 is 0 Å². The molecule has 0 unspecified atom stereocenters. The smallest absolute Gasteiger partial charge is 0.129 e. The third kappa shape index (κ3) is 3.05. The Bertz CT molecular complexity index is 698. The van der Waals surface area contributed by atoms with Crippen LogP contribution in [0, 0.1) is 0 Å². The number of pyridine rings is 1. The van der Waals surface area contributed by atoms with Crippen LogP contribution in [0.3, 0.4) is 0 Å². The Morgan fingerprint density at radius 2 is 1.32 bits per heavy atom. The van der Waals surface area contributed by atoms with Gasteiger partial charge in [-0.25, -0.2) is 4.98 Å². The molecule has 22 heavy (non-hydrogen) atoms. The lowest BCUT2D eigenvalue weighted by Gasteiger charge is -2.31. The number of halogens is 1. The highest BCUT2D eigenvalue weighted by atomic mass is 35.5. The van der Waals surface area contributed by atoms with Gasteiger partial charge in [0.2, 0.25) is 0 Å². The molecule has 2 heteroatoms. The van der Waals surface area contributed by atoms with Crippen molar-refractivity contribution in [1.82, 2.24) is 4.98 Å². The monoisotopic (exact) mass is 307 g/mol. The molecule has 1 heterocycles. The Morgan fingerprint density at radius 1 is 0.773 bits per heavy atom. The number of benzene rings is 2. The summed E-state index contributed by atoms with van der Waals surface area (Å²) in [5.41, 5.74) is 3.42. The first-order chi connectivity index (χ1) is 10.7. The van der Waals surface area contributed by atoms with E-state index in [9.17, 15) is 0 Å². The summed E-state index contributed by atoms with van der Waals surface area (Å²) in [5, 5.41) is 0.543. The molecule has 3 aromatic rings. The van der Waals surface area contributed by atoms with Crippen molar-refractivity contribution in [2.45, 2.75) is 18.8 Å². The molecule has 2 aromatic carbocycles. The van der Waals surface area contributed by atoms with E-state index in [0.29, 0.717) is 5.15 Å². The van der Waals surface area contributed by atoms with Gasteiger partial charge in [0.15, 0.2) is 0 Å². The quantitative estimate of drug-likeness (QED) is 0.597. The highest BCUT2D eigenvalue weighted by Gasteiger charge is 2.29. The maximum atomic E-state index is 6.05. The highest BCUT2D eigenvalue weighted by molar-refractivity contribution is 6.29. The topological polar surface area (TPSA) is 12.9 Å². The van der Waals surface area contributed by atoms with Crippen molar-refractivity contribution in [3.8, 4) is 0 Å². The number of rotatable bonds is 4. The van der Waals surface area contributed by atoms with Crippen molar-refractivity contribution >= 4 is 11.6 Å². The summed E-state index contributed by atoms with van der Waals surface area (Å²) in [6.45, 7) is 2.26. The minimum Gasteiger partial charge on any atom is -0.241 e. The minimum atomic E-state index is -0.139. The Morgan fingerprint density at radius 3 is 1.82 bits per heavy atom. The lowest BCUT2D eigenvalue weighted by Crippen LogP contribution is -2.27. The molecule has 0 aliphatic rings. The van der Waals surface area contributed by atoms with Gasteiger partial charge in [0.25, 0.3) is 0 Å². The van der Waals surface area contributed by atoms with Gasteiger partial charge in [0.05, 0.1) is 0 Å². The van der Waals surface area contributed by atoms with E-state index in [4.69, 9.17) is 11.6 Å². The van der Waals surface area contributed by atoms with Crippen LogP contribution in [0.1, 0.15) is 23.7 Å².